The molecule has 0 amide bonds. The smallest absolute Gasteiger partial charge is 0.149 e. The van der Waals surface area contributed by atoms with Gasteiger partial charge in [-0.05, 0) is 34.1 Å². The zero-order chi connectivity index (χ0) is 13.3. The first-order valence-electron chi connectivity index (χ1n) is 4.94. The van der Waals surface area contributed by atoms with Crippen molar-refractivity contribution < 1.29 is 9.50 Å². The summed E-state index contributed by atoms with van der Waals surface area (Å²) in [6.07, 6.45) is 0.215. The molecule has 0 spiro atoms. The van der Waals surface area contributed by atoms with Crippen LogP contribution in [0.25, 0.3) is 0 Å². The topological polar surface area (TPSA) is 33.1 Å². The van der Waals surface area contributed by atoms with E-state index in [0.717, 1.165) is 0 Å². The molecule has 0 aliphatic carbocycles. The normalized spacial score (nSPS) is 12.5. The lowest BCUT2D eigenvalue weighted by molar-refractivity contribution is 0.210. The highest BCUT2D eigenvalue weighted by atomic mass is 79.9. The monoisotopic (exact) mass is 349 g/mol. The third-order valence-corrected chi connectivity index (χ3v) is 3.98. The quantitative estimate of drug-likeness (QED) is 0.816. The van der Waals surface area contributed by atoms with Gasteiger partial charge in [-0.3, -0.25) is 4.98 Å². The van der Waals surface area contributed by atoms with E-state index >= 15 is 0 Å². The maximum atomic E-state index is 13.9. The summed E-state index contributed by atoms with van der Waals surface area (Å²) >= 11 is 14.8. The number of benzene rings is 1. The van der Waals surface area contributed by atoms with Gasteiger partial charge in [0, 0.05) is 16.2 Å². The summed E-state index contributed by atoms with van der Waals surface area (Å²) < 4.78 is 14.4. The van der Waals surface area contributed by atoms with Gasteiger partial charge in [-0.25, -0.2) is 4.39 Å². The standard InChI is InChI=1S/C12H7BrCl2FNO/c13-7-4-3-6(10(16)9(7)15)12(18)11-8(14)2-1-5-17-11/h1-5,12,18H. The van der Waals surface area contributed by atoms with Crippen LogP contribution < -0.4 is 0 Å². The lowest BCUT2D eigenvalue weighted by atomic mass is 10.1. The lowest BCUT2D eigenvalue weighted by Gasteiger charge is -2.13. The van der Waals surface area contributed by atoms with Gasteiger partial charge in [0.05, 0.1) is 15.7 Å². The van der Waals surface area contributed by atoms with E-state index in [1.807, 2.05) is 0 Å². The second-order valence-corrected chi connectivity index (χ2v) is 5.18. The van der Waals surface area contributed by atoms with Crippen LogP contribution in [0.15, 0.2) is 34.9 Å². The number of halogens is 4. The molecule has 2 aromatic rings. The van der Waals surface area contributed by atoms with Crippen LogP contribution in [0.5, 0.6) is 0 Å². The number of rotatable bonds is 2. The van der Waals surface area contributed by atoms with Crippen LogP contribution in [0, 0.1) is 5.82 Å². The summed E-state index contributed by atoms with van der Waals surface area (Å²) in [6, 6.07) is 6.19. The van der Waals surface area contributed by atoms with Crippen LogP contribution in [0.4, 0.5) is 4.39 Å². The molecule has 0 saturated carbocycles. The first-order valence-corrected chi connectivity index (χ1v) is 6.49. The van der Waals surface area contributed by atoms with E-state index in [1.54, 1.807) is 18.2 Å². The number of nitrogens with zero attached hydrogens (tertiary/aromatic N) is 1. The SMILES string of the molecule is OC(c1ccc(Br)c(Cl)c1F)c1ncccc1Cl. The van der Waals surface area contributed by atoms with Crippen molar-refractivity contribution in [3.63, 3.8) is 0 Å². The molecule has 6 heteroatoms. The maximum Gasteiger partial charge on any atom is 0.149 e. The van der Waals surface area contributed by atoms with Gasteiger partial charge in [-0.15, -0.1) is 0 Å². The molecule has 1 heterocycles. The van der Waals surface area contributed by atoms with Crippen LogP contribution in [0.2, 0.25) is 10.0 Å². The molecule has 94 valence electrons. The molecule has 0 fully saturated rings. The zero-order valence-electron chi connectivity index (χ0n) is 8.87. The number of aliphatic hydroxyl groups excluding tert-OH is 1. The van der Waals surface area contributed by atoms with Gasteiger partial charge in [0.15, 0.2) is 0 Å². The molecule has 2 nitrogen and oxygen atoms in total. The summed E-state index contributed by atoms with van der Waals surface area (Å²) in [7, 11) is 0. The molecule has 0 aliphatic heterocycles. The van der Waals surface area contributed by atoms with Gasteiger partial charge in [-0.1, -0.05) is 29.3 Å². The fourth-order valence-electron chi connectivity index (χ4n) is 1.50. The minimum absolute atomic E-state index is 0.0313. The highest BCUT2D eigenvalue weighted by Gasteiger charge is 2.21. The van der Waals surface area contributed by atoms with Crippen LogP contribution in [-0.2, 0) is 0 Å². The average Bonchev–Trinajstić information content (AvgIpc) is 2.36. The van der Waals surface area contributed by atoms with E-state index in [4.69, 9.17) is 23.2 Å². The molecule has 1 unspecified atom stereocenters. The number of hydrogen-bond donors (Lipinski definition) is 1. The summed E-state index contributed by atoms with van der Waals surface area (Å²) in [4.78, 5) is 3.94. The Balaban J connectivity index is 2.50. The van der Waals surface area contributed by atoms with Gasteiger partial charge in [-0.2, -0.15) is 0 Å². The largest absolute Gasteiger partial charge is 0.382 e. The third-order valence-electron chi connectivity index (χ3n) is 2.41. The van der Waals surface area contributed by atoms with Crippen molar-refractivity contribution in [2.24, 2.45) is 0 Å². The van der Waals surface area contributed by atoms with Crippen LogP contribution >= 0.6 is 39.1 Å². The van der Waals surface area contributed by atoms with Crippen molar-refractivity contribution >= 4 is 39.1 Å². The van der Waals surface area contributed by atoms with Crippen molar-refractivity contribution in [3.8, 4) is 0 Å². The van der Waals surface area contributed by atoms with E-state index in [0.29, 0.717) is 4.47 Å². The molecule has 0 saturated heterocycles. The van der Waals surface area contributed by atoms with Gasteiger partial charge < -0.3 is 5.11 Å². The van der Waals surface area contributed by atoms with E-state index in [2.05, 4.69) is 20.9 Å². The minimum atomic E-state index is -1.26. The van der Waals surface area contributed by atoms with Crippen molar-refractivity contribution in [2.75, 3.05) is 0 Å². The van der Waals surface area contributed by atoms with Crippen LogP contribution in [0.3, 0.4) is 0 Å². The molecule has 1 aromatic heterocycles. The van der Waals surface area contributed by atoms with Crippen molar-refractivity contribution in [2.45, 2.75) is 6.10 Å². The first kappa shape index (κ1) is 13.7. The van der Waals surface area contributed by atoms with Crippen molar-refractivity contribution in [1.29, 1.82) is 0 Å². The van der Waals surface area contributed by atoms with Gasteiger partial charge in [0.25, 0.3) is 0 Å². The molecule has 1 atom stereocenters. The Bertz CT molecular complexity index is 594. The summed E-state index contributed by atoms with van der Waals surface area (Å²) in [5, 5.41) is 10.3. The van der Waals surface area contributed by atoms with E-state index in [9.17, 15) is 9.50 Å². The van der Waals surface area contributed by atoms with Gasteiger partial charge in [0.1, 0.15) is 11.9 Å². The second-order valence-electron chi connectivity index (χ2n) is 3.54. The number of hydrogen-bond acceptors (Lipinski definition) is 2. The molecule has 18 heavy (non-hydrogen) atoms. The molecule has 1 aromatic carbocycles. The molecule has 1 N–H and O–H groups in total. The van der Waals surface area contributed by atoms with Crippen LogP contribution in [-0.4, -0.2) is 10.1 Å². The van der Waals surface area contributed by atoms with Crippen molar-refractivity contribution in [3.05, 3.63) is 62.1 Å². The lowest BCUT2D eigenvalue weighted by Crippen LogP contribution is -2.06. The maximum absolute atomic E-state index is 13.9. The number of aliphatic hydroxyl groups is 1. The van der Waals surface area contributed by atoms with Gasteiger partial charge in [0.2, 0.25) is 0 Å². The fraction of sp³-hybridized carbons (Fsp3) is 0.0833. The Hall–Kier alpha value is -0.680. The summed E-state index contributed by atoms with van der Waals surface area (Å²) in [5.74, 6) is -0.694. The Labute approximate surface area is 122 Å². The zero-order valence-corrected chi connectivity index (χ0v) is 12.0. The highest BCUT2D eigenvalue weighted by molar-refractivity contribution is 9.10. The first-order chi connectivity index (χ1) is 8.52. The molecular formula is C12H7BrCl2FNO. The van der Waals surface area contributed by atoms with E-state index in [1.165, 1.54) is 12.3 Å². The van der Waals surface area contributed by atoms with Crippen LogP contribution in [0.1, 0.15) is 17.4 Å². The van der Waals surface area contributed by atoms with Crippen molar-refractivity contribution in [1.82, 2.24) is 4.98 Å². The molecule has 0 radical (unpaired) electrons. The minimum Gasteiger partial charge on any atom is -0.382 e. The highest BCUT2D eigenvalue weighted by Crippen LogP contribution is 2.33. The van der Waals surface area contributed by atoms with E-state index < -0.39 is 11.9 Å². The third kappa shape index (κ3) is 2.52. The summed E-state index contributed by atoms with van der Waals surface area (Å²) in [6.45, 7) is 0. The molecule has 0 bridgehead atoms. The summed E-state index contributed by atoms with van der Waals surface area (Å²) in [5.41, 5.74) is 0.222. The predicted octanol–water partition coefficient (Wildman–Crippen LogP) is 4.37. The number of aromatic nitrogens is 1. The second kappa shape index (κ2) is 5.53. The molecule has 2 rings (SSSR count). The predicted molar refractivity (Wildman–Crippen MR) is 72.4 cm³/mol. The fourth-order valence-corrected chi connectivity index (χ4v) is 2.20. The van der Waals surface area contributed by atoms with Gasteiger partial charge >= 0.3 is 0 Å². The average molecular weight is 351 g/mol. The Morgan fingerprint density at radius 3 is 2.67 bits per heavy atom. The van der Waals surface area contributed by atoms with E-state index in [-0.39, 0.29) is 21.3 Å². The Kier molecular flexibility index (Phi) is 4.22. The Morgan fingerprint density at radius 2 is 2.00 bits per heavy atom. The Morgan fingerprint density at radius 1 is 1.28 bits per heavy atom. The number of pyridine rings is 1. The molecular weight excluding hydrogens is 344 g/mol. The molecule has 0 aliphatic rings.